The molecule has 184 valence electrons. The Bertz CT molecular complexity index is 674. The predicted octanol–water partition coefficient (Wildman–Crippen LogP) is -2.09. The molecule has 32 heavy (non-hydrogen) atoms. The van der Waals surface area contributed by atoms with Crippen LogP contribution in [-0.4, -0.2) is 82.1 Å². The number of aliphatic hydroxyl groups excluding tert-OH is 1. The van der Waals surface area contributed by atoms with Gasteiger partial charge in [-0.2, -0.15) is 11.8 Å². The summed E-state index contributed by atoms with van der Waals surface area (Å²) in [5.41, 5.74) is 10.9. The molecule has 0 aromatic heterocycles. The number of aliphatic hydroxyl groups is 1. The summed E-state index contributed by atoms with van der Waals surface area (Å²) in [4.78, 5) is 60.3. The molecule has 0 heterocycles. The van der Waals surface area contributed by atoms with Crippen LogP contribution in [0.5, 0.6) is 0 Å². The first-order valence-corrected chi connectivity index (χ1v) is 11.5. The van der Waals surface area contributed by atoms with Crippen LogP contribution in [0.2, 0.25) is 0 Å². The van der Waals surface area contributed by atoms with Crippen LogP contribution in [0.1, 0.15) is 40.0 Å². The Labute approximate surface area is 191 Å². The second-order valence-corrected chi connectivity index (χ2v) is 8.86. The molecule has 0 aliphatic rings. The van der Waals surface area contributed by atoms with E-state index in [4.69, 9.17) is 11.5 Å². The highest BCUT2D eigenvalue weighted by molar-refractivity contribution is 7.98. The van der Waals surface area contributed by atoms with Gasteiger partial charge >= 0.3 is 5.97 Å². The number of nitrogens with two attached hydrogens (primary N) is 2. The molecule has 0 aliphatic carbocycles. The first-order chi connectivity index (χ1) is 14.8. The van der Waals surface area contributed by atoms with Gasteiger partial charge in [-0.15, -0.1) is 0 Å². The van der Waals surface area contributed by atoms with Crippen LogP contribution in [0.25, 0.3) is 0 Å². The van der Waals surface area contributed by atoms with Gasteiger partial charge < -0.3 is 37.6 Å². The summed E-state index contributed by atoms with van der Waals surface area (Å²) < 4.78 is 0. The summed E-state index contributed by atoms with van der Waals surface area (Å²) in [5, 5.41) is 26.1. The van der Waals surface area contributed by atoms with Gasteiger partial charge in [-0.1, -0.05) is 13.8 Å². The number of rotatable bonds is 15. The maximum absolute atomic E-state index is 12.7. The van der Waals surface area contributed by atoms with Crippen molar-refractivity contribution in [3.8, 4) is 0 Å². The predicted molar refractivity (Wildman–Crippen MR) is 119 cm³/mol. The van der Waals surface area contributed by atoms with Gasteiger partial charge in [0.15, 0.2) is 0 Å². The largest absolute Gasteiger partial charge is 0.480 e. The van der Waals surface area contributed by atoms with E-state index in [1.54, 1.807) is 13.8 Å². The van der Waals surface area contributed by atoms with Gasteiger partial charge in [0, 0.05) is 0 Å². The van der Waals surface area contributed by atoms with Crippen molar-refractivity contribution in [1.82, 2.24) is 16.0 Å². The summed E-state index contributed by atoms with van der Waals surface area (Å²) in [6.07, 6.45) is 0.353. The third-order valence-corrected chi connectivity index (χ3v) is 5.04. The lowest BCUT2D eigenvalue weighted by molar-refractivity contribution is -0.143. The number of carbonyl (C=O) groups excluding carboxylic acids is 4. The van der Waals surface area contributed by atoms with E-state index in [1.165, 1.54) is 18.7 Å². The van der Waals surface area contributed by atoms with E-state index >= 15 is 0 Å². The fourth-order valence-electron chi connectivity index (χ4n) is 2.68. The number of amides is 4. The number of primary amides is 1. The second-order valence-electron chi connectivity index (χ2n) is 7.88. The van der Waals surface area contributed by atoms with Crippen molar-refractivity contribution in [3.05, 3.63) is 0 Å². The number of carboxylic acid groups (broad SMARTS) is 1. The Hall–Kier alpha value is -2.38. The number of thioether (sulfide) groups is 1. The minimum absolute atomic E-state index is 0.0503. The zero-order valence-corrected chi connectivity index (χ0v) is 19.6. The molecule has 12 nitrogen and oxygen atoms in total. The smallest absolute Gasteiger partial charge is 0.326 e. The van der Waals surface area contributed by atoms with Crippen molar-refractivity contribution in [3.63, 3.8) is 0 Å². The zero-order valence-electron chi connectivity index (χ0n) is 18.8. The molecule has 0 rings (SSSR count). The Morgan fingerprint density at radius 3 is 1.94 bits per heavy atom. The molecule has 0 aromatic carbocycles. The minimum atomic E-state index is -1.50. The number of hydrogen-bond donors (Lipinski definition) is 7. The summed E-state index contributed by atoms with van der Waals surface area (Å²) in [7, 11) is 0. The van der Waals surface area contributed by atoms with E-state index in [0.717, 1.165) is 0 Å². The summed E-state index contributed by atoms with van der Waals surface area (Å²) >= 11 is 1.49. The van der Waals surface area contributed by atoms with E-state index < -0.39 is 66.3 Å². The molecule has 5 atom stereocenters. The zero-order chi connectivity index (χ0) is 25.0. The molecule has 9 N–H and O–H groups in total. The molecule has 0 saturated heterocycles. The molecule has 0 aromatic rings. The molecule has 13 heteroatoms. The Balaban J connectivity index is 5.40. The standard InChI is InChI=1S/C19H35N5O7S/c1-9(2)7-13(19(30)31)23-17(28)12(8-14(21)26)22-18(29)15(10(3)25)24-16(27)11(20)5-6-32-4/h9-13,15,25H,5-8,20H2,1-4H3,(H2,21,26)(H,22,29)(H,23,28)(H,24,27)(H,30,31). The quantitative estimate of drug-likeness (QED) is 0.137. The van der Waals surface area contributed by atoms with Gasteiger partial charge in [-0.05, 0) is 37.7 Å². The topological polar surface area (TPSA) is 214 Å². The fourth-order valence-corrected chi connectivity index (χ4v) is 3.17. The molecule has 0 radical (unpaired) electrons. The van der Waals surface area contributed by atoms with Crippen LogP contribution in [0.4, 0.5) is 0 Å². The number of carboxylic acids is 1. The lowest BCUT2D eigenvalue weighted by Gasteiger charge is -2.26. The molecule has 4 amide bonds. The Morgan fingerprint density at radius 1 is 0.938 bits per heavy atom. The Kier molecular flexibility index (Phi) is 13.5. The Morgan fingerprint density at radius 2 is 1.50 bits per heavy atom. The lowest BCUT2D eigenvalue weighted by Crippen LogP contribution is -2.60. The molecule has 0 bridgehead atoms. The average Bonchev–Trinajstić information content (AvgIpc) is 2.67. The number of aliphatic carboxylic acids is 1. The fraction of sp³-hybridized carbons (Fsp3) is 0.737. The monoisotopic (exact) mass is 477 g/mol. The van der Waals surface area contributed by atoms with Crippen molar-refractivity contribution in [2.75, 3.05) is 12.0 Å². The lowest BCUT2D eigenvalue weighted by atomic mass is 10.0. The minimum Gasteiger partial charge on any atom is -0.480 e. The maximum atomic E-state index is 12.7. The van der Waals surface area contributed by atoms with Gasteiger partial charge in [-0.3, -0.25) is 19.2 Å². The summed E-state index contributed by atoms with van der Waals surface area (Å²) in [6, 6.07) is -5.11. The SMILES string of the molecule is CSCCC(N)C(=O)NC(C(=O)NC(CC(N)=O)C(=O)NC(CC(C)C)C(=O)O)C(C)O. The maximum Gasteiger partial charge on any atom is 0.326 e. The van der Waals surface area contributed by atoms with Gasteiger partial charge in [0.25, 0.3) is 0 Å². The van der Waals surface area contributed by atoms with E-state index in [2.05, 4.69) is 16.0 Å². The molecule has 0 aliphatic heterocycles. The number of nitrogens with one attached hydrogen (secondary N) is 3. The van der Waals surface area contributed by atoms with Crippen LogP contribution < -0.4 is 27.4 Å². The third kappa shape index (κ3) is 11.3. The van der Waals surface area contributed by atoms with Crippen molar-refractivity contribution in [2.45, 2.75) is 70.3 Å². The van der Waals surface area contributed by atoms with Crippen molar-refractivity contribution in [2.24, 2.45) is 17.4 Å². The van der Waals surface area contributed by atoms with Crippen LogP contribution in [-0.2, 0) is 24.0 Å². The number of carbonyl (C=O) groups is 5. The van der Waals surface area contributed by atoms with E-state index in [1.807, 2.05) is 6.26 Å². The normalized spacial score (nSPS) is 15.7. The van der Waals surface area contributed by atoms with Crippen molar-refractivity contribution < 1.29 is 34.2 Å². The van der Waals surface area contributed by atoms with E-state index in [9.17, 15) is 34.2 Å². The van der Waals surface area contributed by atoms with Gasteiger partial charge in [0.1, 0.15) is 18.1 Å². The van der Waals surface area contributed by atoms with Crippen molar-refractivity contribution >= 4 is 41.4 Å². The van der Waals surface area contributed by atoms with Crippen LogP contribution in [0, 0.1) is 5.92 Å². The first-order valence-electron chi connectivity index (χ1n) is 10.1. The summed E-state index contributed by atoms with van der Waals surface area (Å²) in [6.45, 7) is 4.79. The van der Waals surface area contributed by atoms with Crippen LogP contribution in [0.3, 0.4) is 0 Å². The van der Waals surface area contributed by atoms with E-state index in [0.29, 0.717) is 12.2 Å². The molecule has 0 fully saturated rings. The summed E-state index contributed by atoms with van der Waals surface area (Å²) in [5.74, 6) is -4.19. The van der Waals surface area contributed by atoms with Gasteiger partial charge in [0.2, 0.25) is 23.6 Å². The average molecular weight is 478 g/mol. The van der Waals surface area contributed by atoms with Gasteiger partial charge in [-0.25, -0.2) is 4.79 Å². The van der Waals surface area contributed by atoms with E-state index in [-0.39, 0.29) is 12.3 Å². The van der Waals surface area contributed by atoms with Crippen LogP contribution >= 0.6 is 11.8 Å². The third-order valence-electron chi connectivity index (χ3n) is 4.39. The first kappa shape index (κ1) is 29.6. The highest BCUT2D eigenvalue weighted by atomic mass is 32.2. The molecule has 5 unspecified atom stereocenters. The molecule has 0 saturated carbocycles. The highest BCUT2D eigenvalue weighted by Gasteiger charge is 2.33. The number of hydrogen-bond acceptors (Lipinski definition) is 8. The second kappa shape index (κ2) is 14.6. The molecular weight excluding hydrogens is 442 g/mol. The van der Waals surface area contributed by atoms with Crippen molar-refractivity contribution in [1.29, 1.82) is 0 Å². The van der Waals surface area contributed by atoms with Gasteiger partial charge in [0.05, 0.1) is 18.6 Å². The van der Waals surface area contributed by atoms with Crippen LogP contribution in [0.15, 0.2) is 0 Å². The highest BCUT2D eigenvalue weighted by Crippen LogP contribution is 2.07. The molecular formula is C19H35N5O7S. The molecule has 0 spiro atoms.